The van der Waals surface area contributed by atoms with E-state index in [0.717, 1.165) is 18.3 Å². The molecule has 2 nitrogen and oxygen atoms in total. The quantitative estimate of drug-likeness (QED) is 0.720. The van der Waals surface area contributed by atoms with Gasteiger partial charge in [-0.05, 0) is 37.6 Å². The highest BCUT2D eigenvalue weighted by atomic mass is 14.9. The van der Waals surface area contributed by atoms with Gasteiger partial charge in [-0.15, -0.1) is 0 Å². The van der Waals surface area contributed by atoms with Gasteiger partial charge in [-0.25, -0.2) is 0 Å². The van der Waals surface area contributed by atoms with Gasteiger partial charge in [0.15, 0.2) is 0 Å². The Morgan fingerprint density at radius 1 is 1.57 bits per heavy atom. The number of piperidine rings is 1. The van der Waals surface area contributed by atoms with Crippen molar-refractivity contribution in [3.8, 4) is 0 Å². The predicted molar refractivity (Wildman–Crippen MR) is 62.2 cm³/mol. The fourth-order valence-electron chi connectivity index (χ4n) is 2.44. The topological polar surface area (TPSA) is 24.1 Å². The summed E-state index contributed by atoms with van der Waals surface area (Å²) in [6.45, 7) is 9.86. The molecular weight excluding hydrogens is 172 g/mol. The van der Waals surface area contributed by atoms with Crippen molar-refractivity contribution in [2.24, 2.45) is 11.8 Å². The van der Waals surface area contributed by atoms with Crippen LogP contribution in [-0.4, -0.2) is 19.6 Å². The zero-order chi connectivity index (χ0) is 10.6. The van der Waals surface area contributed by atoms with Gasteiger partial charge in [0.25, 0.3) is 0 Å². The highest BCUT2D eigenvalue weighted by Gasteiger charge is 2.29. The molecule has 0 amide bonds. The van der Waals surface area contributed by atoms with Crippen molar-refractivity contribution in [3.05, 3.63) is 12.3 Å². The average Bonchev–Trinajstić information content (AvgIpc) is 2.20. The van der Waals surface area contributed by atoms with Crippen LogP contribution in [-0.2, 0) is 0 Å². The zero-order valence-corrected chi connectivity index (χ0v) is 9.77. The van der Waals surface area contributed by atoms with Crippen molar-refractivity contribution < 1.29 is 0 Å². The average molecular weight is 196 g/mol. The Bertz CT molecular complexity index is 189. The molecule has 1 aliphatic heterocycles. The third-order valence-electron chi connectivity index (χ3n) is 3.53. The molecular formula is C12H24N2. The molecule has 1 fully saturated rings. The summed E-state index contributed by atoms with van der Waals surface area (Å²) in [6.07, 6.45) is 3.65. The van der Waals surface area contributed by atoms with E-state index in [4.69, 9.17) is 0 Å². The lowest BCUT2D eigenvalue weighted by Gasteiger charge is -2.37. The minimum absolute atomic E-state index is 0.684. The van der Waals surface area contributed by atoms with E-state index in [0.29, 0.717) is 6.04 Å². The minimum Gasteiger partial charge on any atom is -0.392 e. The molecule has 2 heteroatoms. The summed E-state index contributed by atoms with van der Waals surface area (Å²) in [7, 11) is 1.96. The van der Waals surface area contributed by atoms with Crippen LogP contribution in [0.4, 0.5) is 0 Å². The van der Waals surface area contributed by atoms with Gasteiger partial charge in [0.05, 0.1) is 0 Å². The maximum Gasteiger partial charge on any atom is 0.00989 e. The van der Waals surface area contributed by atoms with Crippen molar-refractivity contribution in [2.75, 3.05) is 13.6 Å². The summed E-state index contributed by atoms with van der Waals surface area (Å²) >= 11 is 0. The van der Waals surface area contributed by atoms with E-state index in [2.05, 4.69) is 31.1 Å². The maximum absolute atomic E-state index is 4.03. The van der Waals surface area contributed by atoms with E-state index >= 15 is 0 Å². The third kappa shape index (κ3) is 2.74. The normalized spacial score (nSPS) is 32.6. The van der Waals surface area contributed by atoms with E-state index in [1.165, 1.54) is 25.1 Å². The Morgan fingerprint density at radius 2 is 2.29 bits per heavy atom. The fraction of sp³-hybridized carbons (Fsp3) is 0.833. The second-order valence-electron chi connectivity index (χ2n) is 4.46. The van der Waals surface area contributed by atoms with Crippen molar-refractivity contribution in [3.63, 3.8) is 0 Å². The lowest BCUT2D eigenvalue weighted by molar-refractivity contribution is 0.195. The molecule has 1 aliphatic rings. The van der Waals surface area contributed by atoms with Crippen LogP contribution in [0.2, 0.25) is 0 Å². The van der Waals surface area contributed by atoms with Gasteiger partial charge in [0.2, 0.25) is 0 Å². The minimum atomic E-state index is 0.684. The molecule has 2 N–H and O–H groups in total. The smallest absolute Gasteiger partial charge is 0.00989 e. The Balaban J connectivity index is 2.54. The number of hydrogen-bond donors (Lipinski definition) is 2. The Hall–Kier alpha value is -0.500. The molecule has 0 aromatic heterocycles. The van der Waals surface area contributed by atoms with E-state index in [9.17, 15) is 0 Å². The van der Waals surface area contributed by atoms with Crippen LogP contribution in [0.5, 0.6) is 0 Å². The molecule has 14 heavy (non-hydrogen) atoms. The van der Waals surface area contributed by atoms with Crippen LogP contribution in [0.3, 0.4) is 0 Å². The third-order valence-corrected chi connectivity index (χ3v) is 3.53. The molecule has 1 saturated heterocycles. The number of nitrogens with one attached hydrogen (secondary N) is 2. The first-order chi connectivity index (χ1) is 6.69. The number of rotatable bonds is 4. The molecule has 82 valence electrons. The molecule has 0 aromatic carbocycles. The molecule has 0 aliphatic carbocycles. The first kappa shape index (κ1) is 11.6. The summed E-state index contributed by atoms with van der Waals surface area (Å²) < 4.78 is 0. The molecule has 1 rings (SSSR count). The Labute approximate surface area is 88.2 Å². The summed E-state index contributed by atoms with van der Waals surface area (Å²) in [4.78, 5) is 0. The van der Waals surface area contributed by atoms with Gasteiger partial charge < -0.3 is 10.6 Å². The van der Waals surface area contributed by atoms with Crippen LogP contribution in [0.25, 0.3) is 0 Å². The molecule has 3 atom stereocenters. The molecule has 0 spiro atoms. The molecule has 3 unspecified atom stereocenters. The number of hydrogen-bond acceptors (Lipinski definition) is 2. The maximum atomic E-state index is 4.03. The standard InChI is InChI=1S/C12H24N2/c1-5-12-11(8-10(3)13-4)9(2)6-7-14-12/h9,11-14H,3,5-8H2,1-2,4H3. The molecule has 0 radical (unpaired) electrons. The molecule has 1 heterocycles. The molecule has 0 aromatic rings. The van der Waals surface area contributed by atoms with Gasteiger partial charge in [-0.2, -0.15) is 0 Å². The lowest BCUT2D eigenvalue weighted by Crippen LogP contribution is -2.45. The largest absolute Gasteiger partial charge is 0.392 e. The van der Waals surface area contributed by atoms with Crippen LogP contribution in [0, 0.1) is 11.8 Å². The first-order valence-corrected chi connectivity index (χ1v) is 5.78. The highest BCUT2D eigenvalue weighted by Crippen LogP contribution is 2.29. The van der Waals surface area contributed by atoms with E-state index in [1.807, 2.05) is 7.05 Å². The van der Waals surface area contributed by atoms with Gasteiger partial charge in [-0.3, -0.25) is 0 Å². The zero-order valence-electron chi connectivity index (χ0n) is 9.77. The summed E-state index contributed by atoms with van der Waals surface area (Å²) in [5.74, 6) is 1.58. The van der Waals surface area contributed by atoms with Gasteiger partial charge in [-0.1, -0.05) is 20.4 Å². The van der Waals surface area contributed by atoms with Gasteiger partial charge >= 0.3 is 0 Å². The van der Waals surface area contributed by atoms with Gasteiger partial charge in [0.1, 0.15) is 0 Å². The van der Waals surface area contributed by atoms with E-state index < -0.39 is 0 Å². The SMILES string of the molecule is C=C(CC1C(C)CCNC1CC)NC. The van der Waals surface area contributed by atoms with Crippen LogP contribution in [0.15, 0.2) is 12.3 Å². The summed E-state index contributed by atoms with van der Waals surface area (Å²) in [5.41, 5.74) is 1.17. The Kier molecular flexibility index (Phi) is 4.46. The van der Waals surface area contributed by atoms with Crippen molar-refractivity contribution >= 4 is 0 Å². The van der Waals surface area contributed by atoms with Gasteiger partial charge in [0, 0.05) is 18.8 Å². The fourth-order valence-corrected chi connectivity index (χ4v) is 2.44. The predicted octanol–water partition coefficient (Wildman–Crippen LogP) is 2.13. The van der Waals surface area contributed by atoms with Crippen LogP contribution < -0.4 is 10.6 Å². The first-order valence-electron chi connectivity index (χ1n) is 5.78. The summed E-state index contributed by atoms with van der Waals surface area (Å²) in [6, 6.07) is 0.684. The molecule has 0 bridgehead atoms. The monoisotopic (exact) mass is 196 g/mol. The van der Waals surface area contributed by atoms with Crippen molar-refractivity contribution in [2.45, 2.75) is 39.2 Å². The van der Waals surface area contributed by atoms with Crippen LogP contribution >= 0.6 is 0 Å². The molecule has 0 saturated carbocycles. The second kappa shape index (κ2) is 5.40. The number of allylic oxidation sites excluding steroid dienone is 1. The van der Waals surface area contributed by atoms with E-state index in [1.54, 1.807) is 0 Å². The van der Waals surface area contributed by atoms with Crippen LogP contribution in [0.1, 0.15) is 33.1 Å². The lowest BCUT2D eigenvalue weighted by atomic mass is 9.78. The highest BCUT2D eigenvalue weighted by molar-refractivity contribution is 4.97. The summed E-state index contributed by atoms with van der Waals surface area (Å²) in [5, 5.41) is 6.77. The van der Waals surface area contributed by atoms with Crippen molar-refractivity contribution in [1.82, 2.24) is 10.6 Å². The van der Waals surface area contributed by atoms with E-state index in [-0.39, 0.29) is 0 Å². The second-order valence-corrected chi connectivity index (χ2v) is 4.46. The van der Waals surface area contributed by atoms with Crippen molar-refractivity contribution in [1.29, 1.82) is 0 Å². The Morgan fingerprint density at radius 3 is 2.86 bits per heavy atom.